The highest BCUT2D eigenvalue weighted by molar-refractivity contribution is 5.74. The number of hydrogen-bond acceptors (Lipinski definition) is 4. The number of esters is 1. The van der Waals surface area contributed by atoms with Crippen molar-refractivity contribution in [2.45, 2.75) is 19.4 Å². The van der Waals surface area contributed by atoms with Crippen molar-refractivity contribution in [1.29, 1.82) is 0 Å². The van der Waals surface area contributed by atoms with Gasteiger partial charge >= 0.3 is 5.97 Å². The van der Waals surface area contributed by atoms with E-state index >= 15 is 0 Å². The van der Waals surface area contributed by atoms with Crippen LogP contribution in [-0.2, 0) is 9.53 Å². The van der Waals surface area contributed by atoms with E-state index in [1.165, 1.54) is 7.11 Å². The van der Waals surface area contributed by atoms with E-state index in [2.05, 4.69) is 10.1 Å². The summed E-state index contributed by atoms with van der Waals surface area (Å²) in [6.45, 7) is 3.14. The number of hydrogen-bond donors (Lipinski definition) is 1. The zero-order valence-corrected chi connectivity index (χ0v) is 10.3. The van der Waals surface area contributed by atoms with Crippen LogP contribution in [-0.4, -0.2) is 32.3 Å². The van der Waals surface area contributed by atoms with Crippen LogP contribution >= 0.6 is 0 Å². The average Bonchev–Trinajstić information content (AvgIpc) is 2.38. The van der Waals surface area contributed by atoms with Crippen LogP contribution in [0.1, 0.15) is 13.3 Å². The summed E-state index contributed by atoms with van der Waals surface area (Å²) < 4.78 is 10.1. The summed E-state index contributed by atoms with van der Waals surface area (Å²) in [6.07, 6.45) is 0.843. The van der Waals surface area contributed by atoms with Crippen molar-refractivity contribution in [3.63, 3.8) is 0 Å². The lowest BCUT2D eigenvalue weighted by Crippen LogP contribution is -2.35. The van der Waals surface area contributed by atoms with Crippen molar-refractivity contribution in [3.05, 3.63) is 30.3 Å². The number of ether oxygens (including phenoxy) is 2. The number of nitrogens with one attached hydrogen (secondary N) is 1. The molecule has 4 heteroatoms. The largest absolute Gasteiger partial charge is 0.494 e. The summed E-state index contributed by atoms with van der Waals surface area (Å²) in [6, 6.07) is 9.40. The molecule has 0 heterocycles. The molecule has 0 aliphatic rings. The summed E-state index contributed by atoms with van der Waals surface area (Å²) in [7, 11) is 1.39. The van der Waals surface area contributed by atoms with Crippen molar-refractivity contribution >= 4 is 5.97 Å². The second-order valence-electron chi connectivity index (χ2n) is 3.71. The maximum atomic E-state index is 11.1. The van der Waals surface area contributed by atoms with E-state index in [4.69, 9.17) is 4.74 Å². The third-order valence-electron chi connectivity index (χ3n) is 2.34. The third-order valence-corrected chi connectivity index (χ3v) is 2.34. The van der Waals surface area contributed by atoms with Gasteiger partial charge in [-0.1, -0.05) is 18.2 Å². The van der Waals surface area contributed by atoms with Crippen molar-refractivity contribution in [2.75, 3.05) is 20.3 Å². The van der Waals surface area contributed by atoms with Crippen LogP contribution in [0.25, 0.3) is 0 Å². The van der Waals surface area contributed by atoms with Crippen molar-refractivity contribution in [3.8, 4) is 5.75 Å². The fraction of sp³-hybridized carbons (Fsp3) is 0.462. The predicted octanol–water partition coefficient (Wildman–Crippen LogP) is 1.61. The van der Waals surface area contributed by atoms with Gasteiger partial charge in [-0.15, -0.1) is 0 Å². The van der Waals surface area contributed by atoms with Gasteiger partial charge in [-0.25, -0.2) is 0 Å². The normalized spacial score (nSPS) is 11.9. The maximum absolute atomic E-state index is 11.1. The van der Waals surface area contributed by atoms with Crippen LogP contribution in [0.2, 0.25) is 0 Å². The van der Waals surface area contributed by atoms with E-state index in [1.807, 2.05) is 30.3 Å². The van der Waals surface area contributed by atoms with Gasteiger partial charge in [0.1, 0.15) is 11.8 Å². The van der Waals surface area contributed by atoms with Gasteiger partial charge in [0, 0.05) is 0 Å². The van der Waals surface area contributed by atoms with Crippen LogP contribution in [0.4, 0.5) is 0 Å². The Kier molecular flexibility index (Phi) is 6.10. The zero-order valence-electron chi connectivity index (χ0n) is 10.3. The lowest BCUT2D eigenvalue weighted by molar-refractivity contribution is -0.142. The van der Waals surface area contributed by atoms with E-state index in [0.29, 0.717) is 6.61 Å². The highest BCUT2D eigenvalue weighted by Gasteiger charge is 2.10. The lowest BCUT2D eigenvalue weighted by Gasteiger charge is -2.11. The topological polar surface area (TPSA) is 47.6 Å². The molecule has 0 spiro atoms. The summed E-state index contributed by atoms with van der Waals surface area (Å²) in [4.78, 5) is 11.1. The van der Waals surface area contributed by atoms with Crippen LogP contribution in [0.15, 0.2) is 30.3 Å². The molecule has 0 radical (unpaired) electrons. The molecule has 1 aromatic carbocycles. The van der Waals surface area contributed by atoms with Gasteiger partial charge in [0.15, 0.2) is 0 Å². The highest BCUT2D eigenvalue weighted by atomic mass is 16.5. The van der Waals surface area contributed by atoms with Gasteiger partial charge in [-0.3, -0.25) is 4.79 Å². The Morgan fingerprint density at radius 2 is 2.06 bits per heavy atom. The molecule has 94 valence electrons. The molecule has 1 unspecified atom stereocenters. The molecule has 0 amide bonds. The molecule has 0 saturated heterocycles. The summed E-state index contributed by atoms with van der Waals surface area (Å²) in [5.41, 5.74) is 0. The molecule has 1 rings (SSSR count). The van der Waals surface area contributed by atoms with Crippen LogP contribution in [0.3, 0.4) is 0 Å². The Bertz CT molecular complexity index is 327. The van der Waals surface area contributed by atoms with Gasteiger partial charge in [-0.05, 0) is 32.0 Å². The fourth-order valence-electron chi connectivity index (χ4n) is 1.36. The maximum Gasteiger partial charge on any atom is 0.322 e. The molecule has 1 aromatic rings. The average molecular weight is 237 g/mol. The van der Waals surface area contributed by atoms with E-state index in [1.54, 1.807) is 6.92 Å². The van der Waals surface area contributed by atoms with E-state index in [0.717, 1.165) is 18.7 Å². The van der Waals surface area contributed by atoms with Crippen molar-refractivity contribution < 1.29 is 14.3 Å². The monoisotopic (exact) mass is 237 g/mol. The Morgan fingerprint density at radius 1 is 1.35 bits per heavy atom. The van der Waals surface area contributed by atoms with Gasteiger partial charge in [0.05, 0.1) is 13.7 Å². The molecule has 0 fully saturated rings. The molecule has 0 aromatic heterocycles. The molecule has 0 aliphatic heterocycles. The molecular formula is C13H19NO3. The SMILES string of the molecule is COC(=O)C(C)NCCCOc1ccccc1. The molecule has 1 atom stereocenters. The Morgan fingerprint density at radius 3 is 2.71 bits per heavy atom. The third kappa shape index (κ3) is 5.36. The number of rotatable bonds is 7. The second kappa shape index (κ2) is 7.68. The summed E-state index contributed by atoms with van der Waals surface area (Å²) in [5.74, 6) is 0.627. The first-order valence-electron chi connectivity index (χ1n) is 5.73. The number of carbonyl (C=O) groups is 1. The van der Waals surface area contributed by atoms with E-state index in [9.17, 15) is 4.79 Å². The lowest BCUT2D eigenvalue weighted by atomic mass is 10.3. The minimum Gasteiger partial charge on any atom is -0.494 e. The molecule has 0 saturated carbocycles. The van der Waals surface area contributed by atoms with E-state index < -0.39 is 0 Å². The van der Waals surface area contributed by atoms with E-state index in [-0.39, 0.29) is 12.0 Å². The molecular weight excluding hydrogens is 218 g/mol. The van der Waals surface area contributed by atoms with Gasteiger partial charge in [-0.2, -0.15) is 0 Å². The number of methoxy groups -OCH3 is 1. The molecule has 17 heavy (non-hydrogen) atoms. The van der Waals surface area contributed by atoms with Gasteiger partial charge in [0.25, 0.3) is 0 Å². The quantitative estimate of drug-likeness (QED) is 0.578. The van der Waals surface area contributed by atoms with Crippen LogP contribution < -0.4 is 10.1 Å². The fourth-order valence-corrected chi connectivity index (χ4v) is 1.36. The first kappa shape index (κ1) is 13.5. The summed E-state index contributed by atoms with van der Waals surface area (Å²) in [5, 5.41) is 3.07. The smallest absolute Gasteiger partial charge is 0.322 e. The Hall–Kier alpha value is -1.55. The van der Waals surface area contributed by atoms with Crippen molar-refractivity contribution in [2.24, 2.45) is 0 Å². The second-order valence-corrected chi connectivity index (χ2v) is 3.71. The number of carbonyl (C=O) groups excluding carboxylic acids is 1. The zero-order chi connectivity index (χ0) is 12.5. The minimum atomic E-state index is -0.267. The van der Waals surface area contributed by atoms with Gasteiger partial charge < -0.3 is 14.8 Å². The van der Waals surface area contributed by atoms with Gasteiger partial charge in [0.2, 0.25) is 0 Å². The molecule has 0 bridgehead atoms. The Balaban J connectivity index is 2.07. The van der Waals surface area contributed by atoms with Crippen molar-refractivity contribution in [1.82, 2.24) is 5.32 Å². The molecule has 4 nitrogen and oxygen atoms in total. The number of para-hydroxylation sites is 1. The first-order valence-corrected chi connectivity index (χ1v) is 5.73. The standard InChI is InChI=1S/C13H19NO3/c1-11(13(15)16-2)14-9-6-10-17-12-7-4-3-5-8-12/h3-5,7-8,11,14H,6,9-10H2,1-2H3. The first-order chi connectivity index (χ1) is 8.24. The number of benzene rings is 1. The molecule has 1 N–H and O–H groups in total. The van der Waals surface area contributed by atoms with Crippen LogP contribution in [0, 0.1) is 0 Å². The molecule has 0 aliphatic carbocycles. The predicted molar refractivity (Wildman–Crippen MR) is 66.0 cm³/mol. The minimum absolute atomic E-state index is 0.242. The Labute approximate surface area is 102 Å². The highest BCUT2D eigenvalue weighted by Crippen LogP contribution is 2.07. The van der Waals surface area contributed by atoms with Crippen LogP contribution in [0.5, 0.6) is 5.75 Å². The summed E-state index contributed by atoms with van der Waals surface area (Å²) >= 11 is 0.